The van der Waals surface area contributed by atoms with E-state index in [1.165, 1.54) is 11.1 Å². The zero-order chi connectivity index (χ0) is 19.8. The fourth-order valence-corrected chi connectivity index (χ4v) is 4.99. The molecule has 0 saturated carbocycles. The fourth-order valence-electron chi connectivity index (χ4n) is 3.79. The Hall–Kier alpha value is -2.34. The van der Waals surface area contributed by atoms with Crippen LogP contribution in [0.25, 0.3) is 21.3 Å². The van der Waals surface area contributed by atoms with E-state index in [-0.39, 0.29) is 0 Å². The summed E-state index contributed by atoms with van der Waals surface area (Å²) in [5.41, 5.74) is 3.50. The summed E-state index contributed by atoms with van der Waals surface area (Å²) in [6, 6.07) is 16.3. The number of hydrogen-bond acceptors (Lipinski definition) is 5. The molecule has 0 radical (unpaired) electrons. The topological polar surface area (TPSA) is 32.3 Å². The molecule has 5 rings (SSSR count). The van der Waals surface area contributed by atoms with Crippen LogP contribution in [-0.4, -0.2) is 36.1 Å². The molecule has 146 valence electrons. The maximum absolute atomic E-state index is 6.20. The molecule has 0 atom stereocenters. The summed E-state index contributed by atoms with van der Waals surface area (Å²) >= 11 is 13.9. The van der Waals surface area contributed by atoms with Gasteiger partial charge in [0.15, 0.2) is 0 Å². The number of rotatable bonds is 3. The van der Waals surface area contributed by atoms with Crippen LogP contribution in [0.5, 0.6) is 0 Å². The number of benzene rings is 2. The lowest BCUT2D eigenvalue weighted by Gasteiger charge is -2.37. The molecule has 4 nitrogen and oxygen atoms in total. The van der Waals surface area contributed by atoms with Gasteiger partial charge in [-0.1, -0.05) is 53.5 Å². The van der Waals surface area contributed by atoms with Crippen LogP contribution < -0.4 is 9.80 Å². The first-order valence-corrected chi connectivity index (χ1v) is 11.1. The highest BCUT2D eigenvalue weighted by Gasteiger charge is 2.23. The second kappa shape index (κ2) is 7.82. The average Bonchev–Trinajstić information content (AvgIpc) is 3.21. The summed E-state index contributed by atoms with van der Waals surface area (Å²) in [4.78, 5) is 14.9. The van der Waals surface area contributed by atoms with E-state index in [1.807, 2.05) is 24.3 Å². The SMILES string of the molecule is Clc1ccc(N2CCN(c3ncnc4scc(-c5ccccc5)c34)CC2)cc1Cl. The molecule has 0 bridgehead atoms. The summed E-state index contributed by atoms with van der Waals surface area (Å²) in [6.45, 7) is 3.56. The molecule has 1 fully saturated rings. The Bertz CT molecular complexity index is 1150. The molecule has 2 aromatic heterocycles. The van der Waals surface area contributed by atoms with Crippen LogP contribution in [0.2, 0.25) is 10.0 Å². The van der Waals surface area contributed by atoms with E-state index < -0.39 is 0 Å². The van der Waals surface area contributed by atoms with E-state index in [0.717, 1.165) is 47.9 Å². The van der Waals surface area contributed by atoms with Crippen LogP contribution in [0.1, 0.15) is 0 Å². The first-order chi connectivity index (χ1) is 14.2. The third-order valence-corrected chi connectivity index (χ3v) is 6.91. The van der Waals surface area contributed by atoms with Crippen molar-refractivity contribution >= 4 is 56.3 Å². The third kappa shape index (κ3) is 3.54. The molecule has 0 aliphatic carbocycles. The predicted octanol–water partition coefficient (Wildman–Crippen LogP) is 5.99. The Kier molecular flexibility index (Phi) is 5.04. The molecule has 3 heterocycles. The largest absolute Gasteiger partial charge is 0.368 e. The predicted molar refractivity (Wildman–Crippen MR) is 124 cm³/mol. The number of halogens is 2. The minimum atomic E-state index is 0.586. The Labute approximate surface area is 183 Å². The van der Waals surface area contributed by atoms with E-state index in [0.29, 0.717) is 10.0 Å². The molecule has 0 N–H and O–H groups in total. The van der Waals surface area contributed by atoms with E-state index >= 15 is 0 Å². The van der Waals surface area contributed by atoms with Gasteiger partial charge in [0.05, 0.1) is 15.4 Å². The highest BCUT2D eigenvalue weighted by molar-refractivity contribution is 7.17. The zero-order valence-electron chi connectivity index (χ0n) is 15.6. The van der Waals surface area contributed by atoms with Crippen molar-refractivity contribution < 1.29 is 0 Å². The molecular formula is C22H18Cl2N4S. The summed E-state index contributed by atoms with van der Waals surface area (Å²) in [6.07, 6.45) is 1.67. The highest BCUT2D eigenvalue weighted by Crippen LogP contribution is 2.38. The molecule has 1 aliphatic rings. The van der Waals surface area contributed by atoms with Crippen LogP contribution in [0, 0.1) is 0 Å². The first kappa shape index (κ1) is 18.7. The second-order valence-electron chi connectivity index (χ2n) is 6.97. The standard InChI is InChI=1S/C22H18Cl2N4S/c23-18-7-6-16(12-19(18)24)27-8-10-28(11-9-27)21-20-17(15-4-2-1-3-5-15)13-29-22(20)26-14-25-21/h1-7,12-14H,8-11H2. The molecular weight excluding hydrogens is 423 g/mol. The van der Waals surface area contributed by atoms with Crippen molar-refractivity contribution in [3.05, 3.63) is 70.3 Å². The van der Waals surface area contributed by atoms with Crippen molar-refractivity contribution in [2.75, 3.05) is 36.0 Å². The summed E-state index contributed by atoms with van der Waals surface area (Å²) < 4.78 is 0. The van der Waals surface area contributed by atoms with Gasteiger partial charge in [-0.05, 0) is 23.8 Å². The smallest absolute Gasteiger partial charge is 0.141 e. The van der Waals surface area contributed by atoms with Gasteiger partial charge in [-0.2, -0.15) is 0 Å². The second-order valence-corrected chi connectivity index (χ2v) is 8.64. The van der Waals surface area contributed by atoms with E-state index in [9.17, 15) is 0 Å². The number of thiophene rings is 1. The van der Waals surface area contributed by atoms with Gasteiger partial charge in [0.2, 0.25) is 0 Å². The van der Waals surface area contributed by atoms with E-state index in [1.54, 1.807) is 17.7 Å². The molecule has 1 aliphatic heterocycles. The monoisotopic (exact) mass is 440 g/mol. The average molecular weight is 441 g/mol. The van der Waals surface area contributed by atoms with Gasteiger partial charge in [-0.15, -0.1) is 11.3 Å². The Balaban J connectivity index is 1.44. The van der Waals surface area contributed by atoms with Crippen molar-refractivity contribution in [3.8, 4) is 11.1 Å². The quantitative estimate of drug-likeness (QED) is 0.391. The Morgan fingerprint density at radius 2 is 1.59 bits per heavy atom. The van der Waals surface area contributed by atoms with Crippen LogP contribution in [0.3, 0.4) is 0 Å². The maximum Gasteiger partial charge on any atom is 0.141 e. The van der Waals surface area contributed by atoms with Crippen LogP contribution >= 0.6 is 34.5 Å². The minimum absolute atomic E-state index is 0.586. The van der Waals surface area contributed by atoms with Gasteiger partial charge >= 0.3 is 0 Å². The fraction of sp³-hybridized carbons (Fsp3) is 0.182. The molecule has 0 amide bonds. The number of nitrogens with zero attached hydrogens (tertiary/aromatic N) is 4. The maximum atomic E-state index is 6.20. The van der Waals surface area contributed by atoms with E-state index in [2.05, 4.69) is 49.4 Å². The molecule has 0 unspecified atom stereocenters. The normalized spacial score (nSPS) is 14.6. The van der Waals surface area contributed by atoms with Crippen LogP contribution in [-0.2, 0) is 0 Å². The van der Waals surface area contributed by atoms with Crippen molar-refractivity contribution in [2.45, 2.75) is 0 Å². The number of piperazine rings is 1. The van der Waals surface area contributed by atoms with Gasteiger partial charge < -0.3 is 9.80 Å². The van der Waals surface area contributed by atoms with Gasteiger partial charge in [-0.3, -0.25) is 0 Å². The summed E-state index contributed by atoms with van der Waals surface area (Å²) in [5.74, 6) is 1.02. The van der Waals surface area contributed by atoms with Crippen molar-refractivity contribution in [3.63, 3.8) is 0 Å². The summed E-state index contributed by atoms with van der Waals surface area (Å²) in [5, 5.41) is 4.51. The van der Waals surface area contributed by atoms with Gasteiger partial charge in [0.25, 0.3) is 0 Å². The van der Waals surface area contributed by atoms with Crippen LogP contribution in [0.15, 0.2) is 60.2 Å². The van der Waals surface area contributed by atoms with Crippen molar-refractivity contribution in [1.29, 1.82) is 0 Å². The number of anilines is 2. The first-order valence-electron chi connectivity index (χ1n) is 9.43. The zero-order valence-corrected chi connectivity index (χ0v) is 17.9. The van der Waals surface area contributed by atoms with Crippen molar-refractivity contribution in [2.24, 2.45) is 0 Å². The van der Waals surface area contributed by atoms with Crippen LogP contribution in [0.4, 0.5) is 11.5 Å². The number of aromatic nitrogens is 2. The van der Waals surface area contributed by atoms with E-state index in [4.69, 9.17) is 23.2 Å². The molecule has 1 saturated heterocycles. The lowest BCUT2D eigenvalue weighted by atomic mass is 10.1. The Morgan fingerprint density at radius 3 is 2.34 bits per heavy atom. The number of hydrogen-bond donors (Lipinski definition) is 0. The van der Waals surface area contributed by atoms with Gasteiger partial charge in [0, 0.05) is 42.8 Å². The molecule has 7 heteroatoms. The Morgan fingerprint density at radius 1 is 0.828 bits per heavy atom. The molecule has 0 spiro atoms. The molecule has 2 aromatic carbocycles. The lowest BCUT2D eigenvalue weighted by molar-refractivity contribution is 0.649. The number of fused-ring (bicyclic) bond motifs is 1. The van der Waals surface area contributed by atoms with Gasteiger partial charge in [-0.25, -0.2) is 9.97 Å². The minimum Gasteiger partial charge on any atom is -0.368 e. The molecule has 4 aromatic rings. The van der Waals surface area contributed by atoms with Gasteiger partial charge in [0.1, 0.15) is 17.0 Å². The van der Waals surface area contributed by atoms with Crippen molar-refractivity contribution in [1.82, 2.24) is 9.97 Å². The highest BCUT2D eigenvalue weighted by atomic mass is 35.5. The third-order valence-electron chi connectivity index (χ3n) is 5.28. The lowest BCUT2D eigenvalue weighted by Crippen LogP contribution is -2.46. The summed E-state index contributed by atoms with van der Waals surface area (Å²) in [7, 11) is 0. The molecule has 29 heavy (non-hydrogen) atoms.